The summed E-state index contributed by atoms with van der Waals surface area (Å²) in [5.41, 5.74) is 1.06. The van der Waals surface area contributed by atoms with E-state index in [4.69, 9.17) is 4.42 Å². The standard InChI is InChI=1S/C9H12N4OS/c1-5-8(15-7(3)11-5)4-10-9-13-12-6(2)14-9/h4H2,1-3H3,(H,10,13). The highest BCUT2D eigenvalue weighted by atomic mass is 32.1. The van der Waals surface area contributed by atoms with E-state index in [1.165, 1.54) is 4.88 Å². The van der Waals surface area contributed by atoms with Crippen molar-refractivity contribution in [2.75, 3.05) is 5.32 Å². The quantitative estimate of drug-likeness (QED) is 0.864. The normalized spacial score (nSPS) is 10.6. The highest BCUT2D eigenvalue weighted by molar-refractivity contribution is 7.11. The third kappa shape index (κ3) is 2.33. The molecule has 2 heterocycles. The Hall–Kier alpha value is -1.43. The smallest absolute Gasteiger partial charge is 0.315 e. The van der Waals surface area contributed by atoms with Crippen molar-refractivity contribution in [2.45, 2.75) is 27.3 Å². The maximum atomic E-state index is 5.20. The molecule has 0 aliphatic heterocycles. The minimum Gasteiger partial charge on any atom is -0.408 e. The Morgan fingerprint density at radius 1 is 1.27 bits per heavy atom. The number of aryl methyl sites for hydroxylation is 3. The summed E-state index contributed by atoms with van der Waals surface area (Å²) in [5.74, 6) is 0.565. The average Bonchev–Trinajstić information content (AvgIpc) is 2.70. The van der Waals surface area contributed by atoms with Gasteiger partial charge < -0.3 is 9.73 Å². The first-order chi connectivity index (χ1) is 7.15. The van der Waals surface area contributed by atoms with Crippen molar-refractivity contribution < 1.29 is 4.42 Å². The Morgan fingerprint density at radius 2 is 2.07 bits per heavy atom. The second-order valence-corrected chi connectivity index (χ2v) is 4.51. The highest BCUT2D eigenvalue weighted by Crippen LogP contribution is 2.18. The van der Waals surface area contributed by atoms with Gasteiger partial charge in [0, 0.05) is 11.8 Å². The molecule has 0 atom stereocenters. The van der Waals surface area contributed by atoms with Gasteiger partial charge in [-0.1, -0.05) is 5.10 Å². The maximum Gasteiger partial charge on any atom is 0.315 e. The van der Waals surface area contributed by atoms with E-state index in [-0.39, 0.29) is 0 Å². The van der Waals surface area contributed by atoms with Crippen molar-refractivity contribution in [2.24, 2.45) is 0 Å². The van der Waals surface area contributed by atoms with Crippen molar-refractivity contribution >= 4 is 17.4 Å². The zero-order valence-corrected chi connectivity index (χ0v) is 9.68. The van der Waals surface area contributed by atoms with Crippen molar-refractivity contribution in [1.82, 2.24) is 15.2 Å². The molecule has 15 heavy (non-hydrogen) atoms. The summed E-state index contributed by atoms with van der Waals surface area (Å²) in [6.07, 6.45) is 0. The molecule has 2 aromatic heterocycles. The lowest BCUT2D eigenvalue weighted by molar-refractivity contribution is 0.531. The molecule has 6 heteroatoms. The first-order valence-corrected chi connectivity index (χ1v) is 5.43. The molecule has 2 rings (SSSR count). The van der Waals surface area contributed by atoms with Gasteiger partial charge in [0.25, 0.3) is 0 Å². The fraction of sp³-hybridized carbons (Fsp3) is 0.444. The van der Waals surface area contributed by atoms with Gasteiger partial charge in [-0.2, -0.15) is 0 Å². The number of nitrogens with zero attached hydrogens (tertiary/aromatic N) is 3. The van der Waals surface area contributed by atoms with E-state index >= 15 is 0 Å². The summed E-state index contributed by atoms with van der Waals surface area (Å²) in [5, 5.41) is 11.7. The largest absolute Gasteiger partial charge is 0.408 e. The van der Waals surface area contributed by atoms with Crippen molar-refractivity contribution in [3.8, 4) is 0 Å². The fourth-order valence-electron chi connectivity index (χ4n) is 1.26. The van der Waals surface area contributed by atoms with Crippen LogP contribution in [0, 0.1) is 20.8 Å². The van der Waals surface area contributed by atoms with Crippen LogP contribution in [0.15, 0.2) is 4.42 Å². The lowest BCUT2D eigenvalue weighted by Crippen LogP contribution is -1.99. The summed E-state index contributed by atoms with van der Waals surface area (Å²) in [6, 6.07) is 0.456. The first kappa shape index (κ1) is 10.1. The summed E-state index contributed by atoms with van der Waals surface area (Å²) in [6.45, 7) is 6.44. The zero-order valence-electron chi connectivity index (χ0n) is 8.87. The summed E-state index contributed by atoms with van der Waals surface area (Å²) >= 11 is 1.68. The van der Waals surface area contributed by atoms with Gasteiger partial charge >= 0.3 is 6.01 Å². The van der Waals surface area contributed by atoms with Crippen LogP contribution in [0.1, 0.15) is 21.5 Å². The van der Waals surface area contributed by atoms with Gasteiger partial charge in [-0.3, -0.25) is 0 Å². The minimum atomic E-state index is 0.456. The van der Waals surface area contributed by atoms with Crippen LogP contribution in [0.2, 0.25) is 0 Å². The van der Waals surface area contributed by atoms with Crippen LogP contribution in [0.3, 0.4) is 0 Å². The van der Waals surface area contributed by atoms with Crippen molar-refractivity contribution in [3.05, 3.63) is 21.5 Å². The highest BCUT2D eigenvalue weighted by Gasteiger charge is 2.06. The van der Waals surface area contributed by atoms with E-state index in [1.807, 2.05) is 13.8 Å². The molecular formula is C9H12N4OS. The summed E-state index contributed by atoms with van der Waals surface area (Å²) < 4.78 is 5.20. The molecular weight excluding hydrogens is 212 g/mol. The van der Waals surface area contributed by atoms with E-state index in [9.17, 15) is 0 Å². The Labute approximate surface area is 91.6 Å². The molecule has 0 aromatic carbocycles. The van der Waals surface area contributed by atoms with Crippen LogP contribution < -0.4 is 5.32 Å². The summed E-state index contributed by atoms with van der Waals surface area (Å²) in [7, 11) is 0. The van der Waals surface area contributed by atoms with Gasteiger partial charge in [-0.25, -0.2) is 4.98 Å². The third-order valence-corrected chi connectivity index (χ3v) is 3.00. The molecule has 0 unspecified atom stereocenters. The topological polar surface area (TPSA) is 63.8 Å². The number of aromatic nitrogens is 3. The van der Waals surface area contributed by atoms with E-state index in [1.54, 1.807) is 18.3 Å². The molecule has 0 bridgehead atoms. The minimum absolute atomic E-state index is 0.456. The van der Waals surface area contributed by atoms with E-state index < -0.39 is 0 Å². The van der Waals surface area contributed by atoms with Crippen LogP contribution in [0.5, 0.6) is 0 Å². The maximum absolute atomic E-state index is 5.20. The molecule has 0 aliphatic carbocycles. The van der Waals surface area contributed by atoms with Gasteiger partial charge in [0.05, 0.1) is 17.2 Å². The Balaban J connectivity index is 2.01. The SMILES string of the molecule is Cc1nnc(NCc2sc(C)nc2C)o1. The van der Waals surface area contributed by atoms with E-state index in [2.05, 4.69) is 20.5 Å². The second kappa shape index (κ2) is 3.98. The molecule has 0 saturated carbocycles. The molecule has 0 radical (unpaired) electrons. The number of rotatable bonds is 3. The van der Waals surface area contributed by atoms with E-state index in [0.29, 0.717) is 18.5 Å². The molecule has 0 fully saturated rings. The molecule has 5 nitrogen and oxygen atoms in total. The molecule has 0 saturated heterocycles. The number of hydrogen-bond acceptors (Lipinski definition) is 6. The van der Waals surface area contributed by atoms with Gasteiger partial charge in [-0.05, 0) is 13.8 Å². The molecule has 0 aliphatic rings. The molecule has 0 amide bonds. The molecule has 0 spiro atoms. The van der Waals surface area contributed by atoms with Crippen LogP contribution in [-0.2, 0) is 6.54 Å². The predicted molar refractivity (Wildman–Crippen MR) is 57.9 cm³/mol. The van der Waals surface area contributed by atoms with Gasteiger partial charge in [0.2, 0.25) is 5.89 Å². The number of hydrogen-bond donors (Lipinski definition) is 1. The first-order valence-electron chi connectivity index (χ1n) is 4.62. The van der Waals surface area contributed by atoms with Gasteiger partial charge in [0.15, 0.2) is 0 Å². The second-order valence-electron chi connectivity index (χ2n) is 3.22. The fourth-order valence-corrected chi connectivity index (χ4v) is 2.14. The third-order valence-electron chi connectivity index (χ3n) is 1.93. The lowest BCUT2D eigenvalue weighted by Gasteiger charge is -1.98. The lowest BCUT2D eigenvalue weighted by atomic mass is 10.4. The molecule has 2 aromatic rings. The van der Waals surface area contributed by atoms with Gasteiger partial charge in [-0.15, -0.1) is 16.4 Å². The van der Waals surface area contributed by atoms with E-state index in [0.717, 1.165) is 10.7 Å². The van der Waals surface area contributed by atoms with Gasteiger partial charge in [0.1, 0.15) is 0 Å². The molecule has 1 N–H and O–H groups in total. The van der Waals surface area contributed by atoms with Crippen molar-refractivity contribution in [3.63, 3.8) is 0 Å². The predicted octanol–water partition coefficient (Wildman–Crippen LogP) is 2.06. The van der Waals surface area contributed by atoms with Crippen LogP contribution >= 0.6 is 11.3 Å². The average molecular weight is 224 g/mol. The van der Waals surface area contributed by atoms with Crippen LogP contribution in [0.4, 0.5) is 6.01 Å². The van der Waals surface area contributed by atoms with Crippen LogP contribution in [0.25, 0.3) is 0 Å². The zero-order chi connectivity index (χ0) is 10.8. The number of thiazole rings is 1. The van der Waals surface area contributed by atoms with Crippen molar-refractivity contribution in [1.29, 1.82) is 0 Å². The number of nitrogens with one attached hydrogen (secondary N) is 1. The monoisotopic (exact) mass is 224 g/mol. The Morgan fingerprint density at radius 3 is 2.60 bits per heavy atom. The van der Waals surface area contributed by atoms with Crippen LogP contribution in [-0.4, -0.2) is 15.2 Å². The molecule has 80 valence electrons. The summed E-state index contributed by atoms with van der Waals surface area (Å²) in [4.78, 5) is 5.54. The Bertz CT molecular complexity index is 462. The number of anilines is 1. The Kier molecular flexibility index (Phi) is 2.68.